The highest BCUT2D eigenvalue weighted by Gasteiger charge is 2.60. The Labute approximate surface area is 179 Å². The number of nitrogens with zero attached hydrogens (tertiary/aromatic N) is 2. The number of aromatic nitrogens is 2. The molecule has 1 amide bonds. The number of carbonyl (C=O) groups excluding carboxylic acids is 1. The van der Waals surface area contributed by atoms with Crippen LogP contribution in [0.25, 0.3) is 0 Å². The average Bonchev–Trinajstić information content (AvgIpc) is 2.98. The standard InChI is InChI=1S/C22H14FN5O4/c23-12-7-5-11(6-8-12)10-28-15-4-2-1-3-13(15)22(20(28)30)14(9-24)17(25)32-19-16(22)18(29)26-21(31)27-19/h1-8H,10,25H2,(H2,26,27,29,31). The van der Waals surface area contributed by atoms with Crippen molar-refractivity contribution in [3.63, 3.8) is 0 Å². The van der Waals surface area contributed by atoms with Gasteiger partial charge in [0, 0.05) is 11.3 Å². The van der Waals surface area contributed by atoms with Crippen molar-refractivity contribution in [2.24, 2.45) is 5.73 Å². The number of H-pyrrole nitrogens is 2. The molecule has 5 rings (SSSR count). The lowest BCUT2D eigenvalue weighted by Gasteiger charge is -2.32. The smallest absolute Gasteiger partial charge is 0.328 e. The second-order valence-corrected chi connectivity index (χ2v) is 7.35. The van der Waals surface area contributed by atoms with Gasteiger partial charge in [-0.1, -0.05) is 30.3 Å². The van der Waals surface area contributed by atoms with Gasteiger partial charge in [-0.15, -0.1) is 0 Å². The van der Waals surface area contributed by atoms with E-state index in [0.29, 0.717) is 16.8 Å². The minimum absolute atomic E-state index is 0.0495. The van der Waals surface area contributed by atoms with E-state index in [0.717, 1.165) is 0 Å². The predicted molar refractivity (Wildman–Crippen MR) is 110 cm³/mol. The van der Waals surface area contributed by atoms with Crippen molar-refractivity contribution in [3.05, 3.63) is 103 Å². The summed E-state index contributed by atoms with van der Waals surface area (Å²) in [5.74, 6) is -1.74. The first kappa shape index (κ1) is 19.3. The average molecular weight is 431 g/mol. The van der Waals surface area contributed by atoms with Crippen molar-refractivity contribution in [2.45, 2.75) is 12.0 Å². The third kappa shape index (κ3) is 2.45. The molecular weight excluding hydrogens is 417 g/mol. The zero-order chi connectivity index (χ0) is 22.6. The van der Waals surface area contributed by atoms with Crippen LogP contribution in [0.15, 0.2) is 69.6 Å². The van der Waals surface area contributed by atoms with Gasteiger partial charge in [0.15, 0.2) is 5.41 Å². The zero-order valence-corrected chi connectivity index (χ0v) is 16.3. The first-order valence-corrected chi connectivity index (χ1v) is 9.49. The number of fused-ring (bicyclic) bond motifs is 4. The number of aromatic amines is 2. The lowest BCUT2D eigenvalue weighted by molar-refractivity contribution is -0.121. The molecule has 1 spiro atoms. The van der Waals surface area contributed by atoms with Crippen LogP contribution in [-0.4, -0.2) is 15.9 Å². The SMILES string of the molecule is N#CC1=C(N)Oc2[nH]c(=O)[nH]c(=O)c2C12C(=O)N(Cc1ccc(F)cc1)c1ccccc12. The van der Waals surface area contributed by atoms with Crippen molar-refractivity contribution in [3.8, 4) is 11.9 Å². The summed E-state index contributed by atoms with van der Waals surface area (Å²) in [6.45, 7) is 0.0495. The van der Waals surface area contributed by atoms with Crippen molar-refractivity contribution in [2.75, 3.05) is 4.90 Å². The Kier molecular flexibility index (Phi) is 4.03. The first-order valence-electron chi connectivity index (χ1n) is 9.49. The Balaban J connectivity index is 1.82. The number of halogens is 1. The van der Waals surface area contributed by atoms with Gasteiger partial charge in [0.1, 0.15) is 23.0 Å². The van der Waals surface area contributed by atoms with E-state index >= 15 is 0 Å². The van der Waals surface area contributed by atoms with Crippen LogP contribution in [0, 0.1) is 17.1 Å². The third-order valence-corrected chi connectivity index (χ3v) is 5.65. The number of carbonyl (C=O) groups is 1. The largest absolute Gasteiger partial charge is 0.423 e. The van der Waals surface area contributed by atoms with Crippen LogP contribution in [0.4, 0.5) is 10.1 Å². The van der Waals surface area contributed by atoms with Gasteiger partial charge < -0.3 is 15.4 Å². The number of anilines is 1. The van der Waals surface area contributed by atoms with E-state index in [-0.39, 0.29) is 23.6 Å². The highest BCUT2D eigenvalue weighted by atomic mass is 19.1. The van der Waals surface area contributed by atoms with E-state index in [1.807, 2.05) is 6.07 Å². The zero-order valence-electron chi connectivity index (χ0n) is 16.3. The molecular formula is C22H14FN5O4. The lowest BCUT2D eigenvalue weighted by atomic mass is 9.69. The number of amides is 1. The normalized spacial score (nSPS) is 18.9. The second-order valence-electron chi connectivity index (χ2n) is 7.35. The van der Waals surface area contributed by atoms with Crippen molar-refractivity contribution in [1.82, 2.24) is 9.97 Å². The van der Waals surface area contributed by atoms with Crippen molar-refractivity contribution in [1.29, 1.82) is 5.26 Å². The van der Waals surface area contributed by atoms with E-state index in [1.165, 1.54) is 29.2 Å². The summed E-state index contributed by atoms with van der Waals surface area (Å²) in [4.78, 5) is 44.7. The summed E-state index contributed by atoms with van der Waals surface area (Å²) >= 11 is 0. The van der Waals surface area contributed by atoms with Gasteiger partial charge in [-0.05, 0) is 23.8 Å². The fourth-order valence-electron chi connectivity index (χ4n) is 4.36. The van der Waals surface area contributed by atoms with E-state index in [1.54, 1.807) is 24.3 Å². The number of para-hydroxylation sites is 1. The summed E-state index contributed by atoms with van der Waals surface area (Å²) in [6, 6.07) is 14.2. The monoisotopic (exact) mass is 431 g/mol. The van der Waals surface area contributed by atoms with Crippen molar-refractivity contribution >= 4 is 11.6 Å². The molecule has 9 nitrogen and oxygen atoms in total. The second kappa shape index (κ2) is 6.68. The van der Waals surface area contributed by atoms with Crippen LogP contribution >= 0.6 is 0 Å². The topological polar surface area (TPSA) is 145 Å². The Morgan fingerprint density at radius 3 is 2.53 bits per heavy atom. The first-order chi connectivity index (χ1) is 15.4. The van der Waals surface area contributed by atoms with E-state index in [4.69, 9.17) is 10.5 Å². The maximum Gasteiger partial charge on any atom is 0.328 e. The summed E-state index contributed by atoms with van der Waals surface area (Å²) in [5, 5.41) is 9.94. The van der Waals surface area contributed by atoms with Crippen LogP contribution in [0.2, 0.25) is 0 Å². The lowest BCUT2D eigenvalue weighted by Crippen LogP contribution is -2.50. The predicted octanol–water partition coefficient (Wildman–Crippen LogP) is 1.12. The molecule has 0 aliphatic carbocycles. The van der Waals surface area contributed by atoms with Crippen LogP contribution in [-0.2, 0) is 16.8 Å². The molecule has 0 fully saturated rings. The molecule has 0 saturated carbocycles. The van der Waals surface area contributed by atoms with Crippen LogP contribution in [0.5, 0.6) is 5.88 Å². The molecule has 158 valence electrons. The fourth-order valence-corrected chi connectivity index (χ4v) is 4.36. The summed E-state index contributed by atoms with van der Waals surface area (Å²) in [7, 11) is 0. The molecule has 0 saturated heterocycles. The molecule has 1 aromatic heterocycles. The molecule has 0 radical (unpaired) electrons. The number of rotatable bonds is 2. The highest BCUT2D eigenvalue weighted by Crippen LogP contribution is 2.53. The molecule has 2 aliphatic heterocycles. The van der Waals surface area contributed by atoms with Gasteiger partial charge in [-0.2, -0.15) is 5.26 Å². The number of nitrogens with one attached hydrogen (secondary N) is 2. The Morgan fingerprint density at radius 1 is 1.09 bits per heavy atom. The van der Waals surface area contributed by atoms with Gasteiger partial charge in [-0.25, -0.2) is 9.18 Å². The van der Waals surface area contributed by atoms with Crippen LogP contribution in [0.1, 0.15) is 16.7 Å². The molecule has 1 atom stereocenters. The van der Waals surface area contributed by atoms with Gasteiger partial charge in [0.25, 0.3) is 5.56 Å². The number of hydrogen-bond donors (Lipinski definition) is 3. The van der Waals surface area contributed by atoms with Crippen LogP contribution in [0.3, 0.4) is 0 Å². The van der Waals surface area contributed by atoms with Crippen molar-refractivity contribution < 1.29 is 13.9 Å². The molecule has 3 aromatic rings. The quantitative estimate of drug-likeness (QED) is 0.554. The fraction of sp³-hybridized carbons (Fsp3) is 0.0909. The molecule has 3 heterocycles. The molecule has 10 heteroatoms. The number of nitriles is 1. The van der Waals surface area contributed by atoms with E-state index in [2.05, 4.69) is 9.97 Å². The third-order valence-electron chi connectivity index (χ3n) is 5.65. The van der Waals surface area contributed by atoms with Gasteiger partial charge in [0.2, 0.25) is 17.7 Å². The van der Waals surface area contributed by atoms with Gasteiger partial charge >= 0.3 is 5.69 Å². The molecule has 0 bridgehead atoms. The summed E-state index contributed by atoms with van der Waals surface area (Å²) in [5.41, 5.74) is 3.26. The number of nitrogens with two attached hydrogens (primary N) is 1. The Hall–Kier alpha value is -4.65. The maximum atomic E-state index is 14.0. The van der Waals surface area contributed by atoms with Crippen LogP contribution < -0.4 is 26.6 Å². The van der Waals surface area contributed by atoms with E-state index in [9.17, 15) is 24.0 Å². The highest BCUT2D eigenvalue weighted by molar-refractivity contribution is 6.14. The minimum Gasteiger partial charge on any atom is -0.423 e. The molecule has 1 unspecified atom stereocenters. The van der Waals surface area contributed by atoms with Gasteiger partial charge in [0.05, 0.1) is 6.54 Å². The minimum atomic E-state index is -1.92. The van der Waals surface area contributed by atoms with Gasteiger partial charge in [-0.3, -0.25) is 19.6 Å². The summed E-state index contributed by atoms with van der Waals surface area (Å²) in [6.07, 6.45) is 0. The number of ether oxygens (including phenoxy) is 1. The number of benzene rings is 2. The van der Waals surface area contributed by atoms with E-state index < -0.39 is 34.3 Å². The maximum absolute atomic E-state index is 14.0. The summed E-state index contributed by atoms with van der Waals surface area (Å²) < 4.78 is 18.7. The molecule has 32 heavy (non-hydrogen) atoms. The Bertz CT molecular complexity index is 1480. The number of hydrogen-bond acceptors (Lipinski definition) is 6. The molecule has 4 N–H and O–H groups in total. The Morgan fingerprint density at radius 2 is 1.81 bits per heavy atom. The molecule has 2 aromatic carbocycles. The molecule has 2 aliphatic rings.